The van der Waals surface area contributed by atoms with E-state index in [2.05, 4.69) is 10.3 Å². The molecule has 0 radical (unpaired) electrons. The molecule has 24 heavy (non-hydrogen) atoms. The van der Waals surface area contributed by atoms with E-state index in [0.29, 0.717) is 36.3 Å². The number of thiazole rings is 1. The number of aliphatic carboxylic acids is 1. The monoisotopic (exact) mass is 366 g/mol. The minimum absolute atomic E-state index is 0.305. The zero-order valence-electron chi connectivity index (χ0n) is 12.8. The average molecular weight is 366 g/mol. The van der Waals surface area contributed by atoms with Crippen molar-refractivity contribution in [1.29, 1.82) is 0 Å². The number of alkyl halides is 3. The van der Waals surface area contributed by atoms with Crippen LogP contribution in [0.2, 0.25) is 0 Å². The van der Waals surface area contributed by atoms with Crippen molar-refractivity contribution >= 4 is 23.2 Å². The molecule has 1 saturated carbocycles. The van der Waals surface area contributed by atoms with Crippen LogP contribution in [0.1, 0.15) is 36.4 Å². The van der Waals surface area contributed by atoms with Gasteiger partial charge in [0.2, 0.25) is 11.5 Å². The molecule has 3 atom stereocenters. The van der Waals surface area contributed by atoms with Gasteiger partial charge in [-0.25, -0.2) is 4.98 Å². The molecule has 0 aliphatic heterocycles. The van der Waals surface area contributed by atoms with E-state index in [0.717, 1.165) is 0 Å². The van der Waals surface area contributed by atoms with E-state index in [9.17, 15) is 27.9 Å². The van der Waals surface area contributed by atoms with E-state index in [1.165, 1.54) is 12.3 Å². The van der Waals surface area contributed by atoms with Crippen molar-refractivity contribution in [1.82, 2.24) is 10.3 Å². The van der Waals surface area contributed by atoms with Gasteiger partial charge < -0.3 is 15.5 Å². The Labute approximate surface area is 139 Å². The summed E-state index contributed by atoms with van der Waals surface area (Å²) in [6.07, 6.45) is -5.04. The fraction of sp³-hybridized carbons (Fsp3) is 0.643. The second-order valence-corrected chi connectivity index (χ2v) is 6.74. The minimum atomic E-state index is -5.09. The number of hydrogen-bond donors (Lipinski definition) is 3. The van der Waals surface area contributed by atoms with E-state index in [-0.39, 0.29) is 0 Å². The maximum atomic E-state index is 13.3. The first kappa shape index (κ1) is 18.7. The van der Waals surface area contributed by atoms with Crippen molar-refractivity contribution in [3.05, 3.63) is 16.1 Å². The summed E-state index contributed by atoms with van der Waals surface area (Å²) in [4.78, 5) is 26.7. The van der Waals surface area contributed by atoms with Crippen molar-refractivity contribution in [2.45, 2.75) is 50.4 Å². The third-order valence-corrected chi connectivity index (χ3v) is 5.15. The van der Waals surface area contributed by atoms with Crippen molar-refractivity contribution in [2.24, 2.45) is 5.92 Å². The van der Waals surface area contributed by atoms with Gasteiger partial charge in [0.15, 0.2) is 0 Å². The number of nitrogens with zero attached hydrogens (tertiary/aromatic N) is 1. The summed E-state index contributed by atoms with van der Waals surface area (Å²) in [7, 11) is 0. The van der Waals surface area contributed by atoms with E-state index in [4.69, 9.17) is 5.11 Å². The maximum absolute atomic E-state index is 13.3. The normalized spacial score (nSPS) is 23.7. The highest BCUT2D eigenvalue weighted by Gasteiger charge is 2.58. The van der Waals surface area contributed by atoms with Gasteiger partial charge in [0, 0.05) is 17.1 Å². The molecule has 0 spiro atoms. The average Bonchev–Trinajstić information content (AvgIpc) is 3.06. The zero-order valence-corrected chi connectivity index (χ0v) is 13.6. The second kappa shape index (κ2) is 6.67. The van der Waals surface area contributed by atoms with Gasteiger partial charge in [-0.3, -0.25) is 9.59 Å². The standard InChI is InChI=1S/C14H17F3N2O4S/c1-7-6-24-12(18-7)13(23,14(15,16)17)5-10(20)19-9-4-2-3-8(9)11(21)22/h6,8-9,23H,2-5H2,1H3,(H,19,20)(H,21,22)/t8-,9+,13?/m0/s1. The number of carbonyl (C=O) groups is 2. The van der Waals surface area contributed by atoms with Gasteiger partial charge in [0.1, 0.15) is 5.01 Å². The lowest BCUT2D eigenvalue weighted by Gasteiger charge is -2.29. The van der Waals surface area contributed by atoms with Crippen molar-refractivity contribution in [2.75, 3.05) is 0 Å². The number of carbonyl (C=O) groups excluding carboxylic acids is 1. The molecule has 134 valence electrons. The summed E-state index contributed by atoms with van der Waals surface area (Å²) in [6.45, 7) is 1.48. The lowest BCUT2D eigenvalue weighted by atomic mass is 9.98. The Morgan fingerprint density at radius 1 is 1.42 bits per heavy atom. The van der Waals surface area contributed by atoms with E-state index < -0.39 is 47.0 Å². The summed E-state index contributed by atoms with van der Waals surface area (Å²) < 4.78 is 40.0. The number of amides is 1. The van der Waals surface area contributed by atoms with Gasteiger partial charge in [-0.2, -0.15) is 13.2 Å². The van der Waals surface area contributed by atoms with Gasteiger partial charge in [-0.05, 0) is 19.8 Å². The molecule has 1 aliphatic rings. The van der Waals surface area contributed by atoms with Crippen LogP contribution < -0.4 is 5.32 Å². The minimum Gasteiger partial charge on any atom is -0.481 e. The van der Waals surface area contributed by atoms with Crippen LogP contribution in [-0.2, 0) is 15.2 Å². The predicted octanol–water partition coefficient (Wildman–Crippen LogP) is 1.96. The third kappa shape index (κ3) is 3.69. The molecule has 0 saturated heterocycles. The van der Waals surface area contributed by atoms with E-state index in [1.54, 1.807) is 0 Å². The molecule has 0 aromatic carbocycles. The zero-order chi connectivity index (χ0) is 18.1. The molecular formula is C14H17F3N2O4S. The molecule has 1 amide bonds. The molecule has 1 aliphatic carbocycles. The van der Waals surface area contributed by atoms with Gasteiger partial charge in [0.25, 0.3) is 0 Å². The highest BCUT2D eigenvalue weighted by molar-refractivity contribution is 7.09. The Bertz CT molecular complexity index is 634. The number of carboxylic acid groups (broad SMARTS) is 1. The van der Waals surface area contributed by atoms with Crippen LogP contribution in [0.15, 0.2) is 5.38 Å². The van der Waals surface area contributed by atoms with Crippen LogP contribution in [0.5, 0.6) is 0 Å². The SMILES string of the molecule is Cc1csc(C(O)(CC(=O)N[C@@H]2CCC[C@@H]2C(=O)O)C(F)(F)F)n1. The van der Waals surface area contributed by atoms with Crippen LogP contribution in [0.4, 0.5) is 13.2 Å². The topological polar surface area (TPSA) is 99.5 Å². The van der Waals surface area contributed by atoms with Gasteiger partial charge in [-0.1, -0.05) is 6.42 Å². The van der Waals surface area contributed by atoms with Crippen molar-refractivity contribution in [3.8, 4) is 0 Å². The van der Waals surface area contributed by atoms with Gasteiger partial charge >= 0.3 is 12.1 Å². The smallest absolute Gasteiger partial charge is 0.424 e. The van der Waals surface area contributed by atoms with Gasteiger partial charge in [-0.15, -0.1) is 11.3 Å². The molecule has 1 fully saturated rings. The molecule has 1 heterocycles. The number of rotatable bonds is 5. The maximum Gasteiger partial charge on any atom is 0.424 e. The Hall–Kier alpha value is -1.68. The largest absolute Gasteiger partial charge is 0.481 e. The molecule has 2 rings (SSSR count). The summed E-state index contributed by atoms with van der Waals surface area (Å²) in [5, 5.41) is 22.2. The molecule has 10 heteroatoms. The van der Waals surface area contributed by atoms with Crippen LogP contribution in [0.25, 0.3) is 0 Å². The first-order chi connectivity index (χ1) is 11.0. The van der Waals surface area contributed by atoms with Crippen LogP contribution in [0.3, 0.4) is 0 Å². The molecule has 1 unspecified atom stereocenters. The third-order valence-electron chi connectivity index (χ3n) is 4.04. The molecule has 0 bridgehead atoms. The summed E-state index contributed by atoms with van der Waals surface area (Å²) in [5.74, 6) is -2.98. The highest BCUT2D eigenvalue weighted by Crippen LogP contribution is 2.43. The van der Waals surface area contributed by atoms with Crippen molar-refractivity contribution in [3.63, 3.8) is 0 Å². The number of halogens is 3. The lowest BCUT2D eigenvalue weighted by Crippen LogP contribution is -2.48. The number of nitrogens with one attached hydrogen (secondary N) is 1. The number of carboxylic acids is 1. The molecule has 3 N–H and O–H groups in total. The highest BCUT2D eigenvalue weighted by atomic mass is 32.1. The molecular weight excluding hydrogens is 349 g/mol. The summed E-state index contributed by atoms with van der Waals surface area (Å²) >= 11 is 0.618. The summed E-state index contributed by atoms with van der Waals surface area (Å²) in [5.41, 5.74) is -3.09. The Kier molecular flexibility index (Phi) is 5.19. The van der Waals surface area contributed by atoms with Gasteiger partial charge in [0.05, 0.1) is 12.3 Å². The molecule has 1 aromatic heterocycles. The number of aryl methyl sites for hydroxylation is 1. The predicted molar refractivity (Wildman–Crippen MR) is 78.3 cm³/mol. The van der Waals surface area contributed by atoms with Crippen LogP contribution >= 0.6 is 11.3 Å². The van der Waals surface area contributed by atoms with Crippen LogP contribution in [0, 0.1) is 12.8 Å². The quantitative estimate of drug-likeness (QED) is 0.740. The van der Waals surface area contributed by atoms with E-state index >= 15 is 0 Å². The number of hydrogen-bond acceptors (Lipinski definition) is 5. The van der Waals surface area contributed by atoms with E-state index in [1.807, 2.05) is 0 Å². The van der Waals surface area contributed by atoms with Crippen LogP contribution in [-0.4, -0.2) is 39.3 Å². The fourth-order valence-corrected chi connectivity index (χ4v) is 3.67. The summed E-state index contributed by atoms with van der Waals surface area (Å²) in [6, 6.07) is -0.731. The first-order valence-electron chi connectivity index (χ1n) is 7.28. The Balaban J connectivity index is 2.15. The number of aliphatic hydroxyl groups is 1. The van der Waals surface area contributed by atoms with Crippen molar-refractivity contribution < 1.29 is 33.0 Å². The molecule has 1 aromatic rings. The molecule has 6 nitrogen and oxygen atoms in total. The number of aromatic nitrogens is 1. The fourth-order valence-electron chi connectivity index (χ4n) is 2.76. The first-order valence-corrected chi connectivity index (χ1v) is 8.16. The Morgan fingerprint density at radius 2 is 2.08 bits per heavy atom. The second-order valence-electron chi connectivity index (χ2n) is 5.88. The lowest BCUT2D eigenvalue weighted by molar-refractivity contribution is -0.267. The Morgan fingerprint density at radius 3 is 2.58 bits per heavy atom.